The second kappa shape index (κ2) is 6.23. The summed E-state index contributed by atoms with van der Waals surface area (Å²) in [5.41, 5.74) is 2.12. The monoisotopic (exact) mass is 242 g/mol. The van der Waals surface area contributed by atoms with Crippen molar-refractivity contribution in [2.75, 3.05) is 5.88 Å². The van der Waals surface area contributed by atoms with Gasteiger partial charge in [0.05, 0.1) is 0 Å². The summed E-state index contributed by atoms with van der Waals surface area (Å²) in [6.07, 6.45) is 6.80. The van der Waals surface area contributed by atoms with Gasteiger partial charge in [-0.05, 0) is 12.8 Å². The smallest absolute Gasteiger partial charge is 0.135 e. The van der Waals surface area contributed by atoms with Crippen LogP contribution in [0.25, 0.3) is 0 Å². The Morgan fingerprint density at radius 3 is 2.40 bits per heavy atom. The predicted octanol–water partition coefficient (Wildman–Crippen LogP) is 2.64. The SMILES string of the molecule is C#CCC(O)(C#C[Si](C)(C)C)CCCCl. The van der Waals surface area contributed by atoms with Gasteiger partial charge in [-0.2, -0.15) is 0 Å². The van der Waals surface area contributed by atoms with Crippen molar-refractivity contribution in [1.82, 2.24) is 0 Å². The minimum atomic E-state index is -1.46. The summed E-state index contributed by atoms with van der Waals surface area (Å²) >= 11 is 5.60. The van der Waals surface area contributed by atoms with Gasteiger partial charge in [0.2, 0.25) is 0 Å². The molecule has 0 aliphatic heterocycles. The molecule has 0 amide bonds. The van der Waals surface area contributed by atoms with E-state index in [2.05, 4.69) is 37.0 Å². The van der Waals surface area contributed by atoms with Gasteiger partial charge in [0, 0.05) is 12.3 Å². The van der Waals surface area contributed by atoms with Gasteiger partial charge in [-0.15, -0.1) is 29.5 Å². The van der Waals surface area contributed by atoms with E-state index in [4.69, 9.17) is 18.0 Å². The lowest BCUT2D eigenvalue weighted by atomic mass is 9.96. The van der Waals surface area contributed by atoms with Crippen LogP contribution in [0.4, 0.5) is 0 Å². The summed E-state index contributed by atoms with van der Waals surface area (Å²) in [7, 11) is -1.46. The Morgan fingerprint density at radius 1 is 1.40 bits per heavy atom. The van der Waals surface area contributed by atoms with E-state index in [0.29, 0.717) is 12.3 Å². The van der Waals surface area contributed by atoms with Gasteiger partial charge in [-0.3, -0.25) is 0 Å². The highest BCUT2D eigenvalue weighted by atomic mass is 35.5. The Hall–Kier alpha value is -0.413. The van der Waals surface area contributed by atoms with Gasteiger partial charge < -0.3 is 5.11 Å². The molecule has 0 aliphatic carbocycles. The maximum Gasteiger partial charge on any atom is 0.135 e. The molecule has 0 saturated heterocycles. The van der Waals surface area contributed by atoms with Crippen molar-refractivity contribution >= 4 is 19.7 Å². The molecule has 0 fully saturated rings. The Labute approximate surface area is 99.2 Å². The van der Waals surface area contributed by atoms with E-state index in [1.807, 2.05) is 0 Å². The van der Waals surface area contributed by atoms with Crippen LogP contribution in [0.5, 0.6) is 0 Å². The summed E-state index contributed by atoms with van der Waals surface area (Å²) in [6.45, 7) is 6.41. The number of alkyl halides is 1. The molecule has 1 atom stereocenters. The zero-order valence-corrected chi connectivity index (χ0v) is 11.5. The molecule has 0 radical (unpaired) electrons. The summed E-state index contributed by atoms with van der Waals surface area (Å²) in [5, 5.41) is 10.2. The summed E-state index contributed by atoms with van der Waals surface area (Å²) < 4.78 is 0. The van der Waals surface area contributed by atoms with Crippen LogP contribution in [0, 0.1) is 23.8 Å². The standard InChI is InChI=1S/C12H19ClOSi/c1-5-7-12(14,8-6-10-13)9-11-15(2,3)4/h1,14H,6-8,10H2,2-4H3. The van der Waals surface area contributed by atoms with Gasteiger partial charge >= 0.3 is 0 Å². The van der Waals surface area contributed by atoms with Crippen molar-refractivity contribution in [3.63, 3.8) is 0 Å². The van der Waals surface area contributed by atoms with Crippen molar-refractivity contribution in [2.45, 2.75) is 44.5 Å². The summed E-state index contributed by atoms with van der Waals surface area (Å²) in [6, 6.07) is 0. The number of rotatable bonds is 4. The van der Waals surface area contributed by atoms with Crippen LogP contribution in [-0.4, -0.2) is 24.7 Å². The van der Waals surface area contributed by atoms with E-state index in [1.54, 1.807) is 0 Å². The van der Waals surface area contributed by atoms with Crippen LogP contribution < -0.4 is 0 Å². The fraction of sp³-hybridized carbons (Fsp3) is 0.667. The molecule has 0 spiro atoms. The van der Waals surface area contributed by atoms with Gasteiger partial charge in [0.1, 0.15) is 13.7 Å². The van der Waals surface area contributed by atoms with Crippen molar-refractivity contribution < 1.29 is 5.11 Å². The van der Waals surface area contributed by atoms with Crippen LogP contribution in [0.1, 0.15) is 19.3 Å². The molecule has 0 aromatic rings. The van der Waals surface area contributed by atoms with Gasteiger partial charge in [0.15, 0.2) is 0 Å². The molecule has 15 heavy (non-hydrogen) atoms. The summed E-state index contributed by atoms with van der Waals surface area (Å²) in [5.74, 6) is 5.94. The average molecular weight is 243 g/mol. The normalized spacial score (nSPS) is 14.7. The second-order valence-electron chi connectivity index (χ2n) is 4.71. The molecular formula is C12H19ClOSi. The van der Waals surface area contributed by atoms with Crippen molar-refractivity contribution in [2.24, 2.45) is 0 Å². The molecule has 0 heterocycles. The van der Waals surface area contributed by atoms with E-state index in [-0.39, 0.29) is 6.42 Å². The van der Waals surface area contributed by atoms with Crippen LogP contribution in [0.15, 0.2) is 0 Å². The summed E-state index contributed by atoms with van der Waals surface area (Å²) in [4.78, 5) is 0. The molecule has 1 nitrogen and oxygen atoms in total. The first-order valence-corrected chi connectivity index (χ1v) is 9.12. The molecule has 0 bridgehead atoms. The van der Waals surface area contributed by atoms with E-state index in [1.165, 1.54) is 0 Å². The van der Waals surface area contributed by atoms with Crippen LogP contribution in [0.2, 0.25) is 19.6 Å². The first kappa shape index (κ1) is 14.6. The number of hydrogen-bond acceptors (Lipinski definition) is 1. The maximum atomic E-state index is 10.2. The molecule has 3 heteroatoms. The number of aliphatic hydroxyl groups is 1. The van der Waals surface area contributed by atoms with Crippen molar-refractivity contribution in [3.05, 3.63) is 0 Å². The zero-order chi connectivity index (χ0) is 11.9. The van der Waals surface area contributed by atoms with Gasteiger partial charge in [0.25, 0.3) is 0 Å². The molecule has 0 aliphatic rings. The molecule has 1 N–H and O–H groups in total. The molecule has 0 saturated carbocycles. The Morgan fingerprint density at radius 2 is 2.00 bits per heavy atom. The first-order valence-electron chi connectivity index (χ1n) is 5.09. The molecule has 0 aromatic heterocycles. The Bertz CT molecular complexity index is 289. The maximum absolute atomic E-state index is 10.2. The Kier molecular flexibility index (Phi) is 6.06. The number of halogens is 1. The minimum absolute atomic E-state index is 0.279. The highest BCUT2D eigenvalue weighted by Gasteiger charge is 2.23. The van der Waals surface area contributed by atoms with E-state index in [0.717, 1.165) is 6.42 Å². The fourth-order valence-electron chi connectivity index (χ4n) is 1.03. The second-order valence-corrected chi connectivity index (χ2v) is 9.83. The lowest BCUT2D eigenvalue weighted by Gasteiger charge is -2.20. The number of terminal acetylenes is 1. The van der Waals surface area contributed by atoms with Crippen molar-refractivity contribution in [3.8, 4) is 23.8 Å². The molecule has 1 unspecified atom stereocenters. The van der Waals surface area contributed by atoms with E-state index in [9.17, 15) is 5.11 Å². The van der Waals surface area contributed by atoms with Crippen LogP contribution >= 0.6 is 11.6 Å². The quantitative estimate of drug-likeness (QED) is 0.457. The third-order valence-corrected chi connectivity index (χ3v) is 2.93. The lowest BCUT2D eigenvalue weighted by molar-refractivity contribution is 0.0967. The fourth-order valence-corrected chi connectivity index (χ4v) is 1.77. The first-order chi connectivity index (χ1) is 6.83. The molecule has 0 aromatic carbocycles. The van der Waals surface area contributed by atoms with Gasteiger partial charge in [-0.25, -0.2) is 0 Å². The van der Waals surface area contributed by atoms with E-state index >= 15 is 0 Å². The predicted molar refractivity (Wildman–Crippen MR) is 69.5 cm³/mol. The van der Waals surface area contributed by atoms with Crippen molar-refractivity contribution in [1.29, 1.82) is 0 Å². The highest BCUT2D eigenvalue weighted by molar-refractivity contribution is 6.83. The van der Waals surface area contributed by atoms with Gasteiger partial charge in [-0.1, -0.05) is 25.6 Å². The van der Waals surface area contributed by atoms with E-state index < -0.39 is 13.7 Å². The topological polar surface area (TPSA) is 20.2 Å². The van der Waals surface area contributed by atoms with Crippen LogP contribution in [0.3, 0.4) is 0 Å². The average Bonchev–Trinajstić information content (AvgIpc) is 2.12. The molecular weight excluding hydrogens is 224 g/mol. The third kappa shape index (κ3) is 7.51. The number of hydrogen-bond donors (Lipinski definition) is 1. The highest BCUT2D eigenvalue weighted by Crippen LogP contribution is 2.17. The molecule has 0 rings (SSSR count). The largest absolute Gasteiger partial charge is 0.377 e. The third-order valence-electron chi connectivity index (χ3n) is 1.79. The Balaban J connectivity index is 4.63. The zero-order valence-electron chi connectivity index (χ0n) is 9.73. The molecule has 84 valence electrons. The lowest BCUT2D eigenvalue weighted by Crippen LogP contribution is -2.28. The van der Waals surface area contributed by atoms with Crippen LogP contribution in [-0.2, 0) is 0 Å². The minimum Gasteiger partial charge on any atom is -0.377 e.